The highest BCUT2D eigenvalue weighted by atomic mass is 35.5. The van der Waals surface area contributed by atoms with Crippen LogP contribution >= 0.6 is 22.9 Å². The Bertz CT molecular complexity index is 1050. The van der Waals surface area contributed by atoms with Gasteiger partial charge in [0.15, 0.2) is 0 Å². The number of nitrogens with zero attached hydrogens (tertiary/aromatic N) is 1. The molecule has 1 unspecified atom stereocenters. The quantitative estimate of drug-likeness (QED) is 0.575. The molecule has 0 aliphatic heterocycles. The molecule has 2 amide bonds. The lowest BCUT2D eigenvalue weighted by Gasteiger charge is -2.33. The van der Waals surface area contributed by atoms with Crippen molar-refractivity contribution in [3.63, 3.8) is 0 Å². The zero-order valence-corrected chi connectivity index (χ0v) is 17.6. The Hall–Kier alpha value is -2.63. The molecule has 0 spiro atoms. The first-order valence-electron chi connectivity index (χ1n) is 9.54. The van der Waals surface area contributed by atoms with Gasteiger partial charge in [-0.2, -0.15) is 0 Å². The molecule has 0 fully saturated rings. The Balaban J connectivity index is 1.57. The molecule has 1 heterocycles. The van der Waals surface area contributed by atoms with Crippen LogP contribution < -0.4 is 5.32 Å². The van der Waals surface area contributed by atoms with Crippen molar-refractivity contribution in [1.29, 1.82) is 0 Å². The molecule has 0 saturated heterocycles. The Morgan fingerprint density at radius 1 is 1.14 bits per heavy atom. The predicted molar refractivity (Wildman–Crippen MR) is 118 cm³/mol. The van der Waals surface area contributed by atoms with Crippen LogP contribution in [0.1, 0.15) is 50.0 Å². The van der Waals surface area contributed by atoms with E-state index in [0.29, 0.717) is 21.2 Å². The molecule has 148 valence electrons. The third-order valence-electron chi connectivity index (χ3n) is 5.33. The van der Waals surface area contributed by atoms with Crippen LogP contribution in [0.2, 0.25) is 5.02 Å². The number of benzene rings is 2. The number of fused-ring (bicyclic) bond motifs is 1. The van der Waals surface area contributed by atoms with E-state index in [1.54, 1.807) is 29.2 Å². The maximum Gasteiger partial charge on any atom is 0.265 e. The molecule has 6 heteroatoms. The fourth-order valence-corrected chi connectivity index (χ4v) is 4.61. The number of amides is 2. The maximum absolute atomic E-state index is 13.2. The zero-order chi connectivity index (χ0) is 20.4. The predicted octanol–water partition coefficient (Wildman–Crippen LogP) is 5.80. The molecule has 1 atom stereocenters. The number of carbonyl (C=O) groups is 2. The molecule has 29 heavy (non-hydrogen) atoms. The van der Waals surface area contributed by atoms with E-state index in [2.05, 4.69) is 17.4 Å². The average molecular weight is 425 g/mol. The number of hydrogen-bond acceptors (Lipinski definition) is 3. The summed E-state index contributed by atoms with van der Waals surface area (Å²) in [5, 5.41) is 5.05. The number of aryl methyl sites for hydroxylation is 1. The monoisotopic (exact) mass is 424 g/mol. The molecule has 0 saturated carbocycles. The minimum atomic E-state index is -0.235. The lowest BCUT2D eigenvalue weighted by atomic mass is 9.87. The van der Waals surface area contributed by atoms with Crippen LogP contribution in [0.25, 0.3) is 0 Å². The summed E-state index contributed by atoms with van der Waals surface area (Å²) in [7, 11) is 1.84. The summed E-state index contributed by atoms with van der Waals surface area (Å²) < 4.78 is 0. The van der Waals surface area contributed by atoms with E-state index in [-0.39, 0.29) is 17.9 Å². The summed E-state index contributed by atoms with van der Waals surface area (Å²) in [6, 6.07) is 16.9. The number of rotatable bonds is 4. The van der Waals surface area contributed by atoms with Gasteiger partial charge in [0.25, 0.3) is 11.8 Å². The van der Waals surface area contributed by atoms with Gasteiger partial charge in [0.2, 0.25) is 0 Å². The highest BCUT2D eigenvalue weighted by Crippen LogP contribution is 2.34. The molecular weight excluding hydrogens is 404 g/mol. The van der Waals surface area contributed by atoms with Gasteiger partial charge in [-0.15, -0.1) is 11.3 Å². The Labute approximate surface area is 179 Å². The molecule has 1 aliphatic carbocycles. The molecule has 1 aliphatic rings. The molecule has 2 aromatic carbocycles. The van der Waals surface area contributed by atoms with E-state index in [0.717, 1.165) is 19.3 Å². The van der Waals surface area contributed by atoms with E-state index in [9.17, 15) is 9.59 Å². The van der Waals surface area contributed by atoms with Gasteiger partial charge < -0.3 is 10.2 Å². The number of thiophene rings is 1. The normalized spacial score (nSPS) is 15.4. The molecule has 4 rings (SSSR count). The smallest absolute Gasteiger partial charge is 0.265 e. The van der Waals surface area contributed by atoms with Gasteiger partial charge in [0.1, 0.15) is 0 Å². The number of anilines is 1. The lowest BCUT2D eigenvalue weighted by Crippen LogP contribution is -2.33. The summed E-state index contributed by atoms with van der Waals surface area (Å²) >= 11 is 7.62. The molecule has 3 aromatic rings. The minimum absolute atomic E-state index is 0.0484. The van der Waals surface area contributed by atoms with Crippen LogP contribution in [0.5, 0.6) is 0 Å². The van der Waals surface area contributed by atoms with Crippen LogP contribution in [-0.2, 0) is 6.42 Å². The second-order valence-corrected chi connectivity index (χ2v) is 8.50. The topological polar surface area (TPSA) is 49.4 Å². The third-order valence-corrected chi connectivity index (χ3v) is 6.53. The summed E-state index contributed by atoms with van der Waals surface area (Å²) in [5.41, 5.74) is 3.47. The van der Waals surface area contributed by atoms with Gasteiger partial charge in [-0.25, -0.2) is 0 Å². The Kier molecular flexibility index (Phi) is 5.69. The largest absolute Gasteiger partial charge is 0.335 e. The summed E-state index contributed by atoms with van der Waals surface area (Å²) in [4.78, 5) is 28.0. The molecule has 0 bridgehead atoms. The fraction of sp³-hybridized carbons (Fsp3) is 0.217. The minimum Gasteiger partial charge on any atom is -0.335 e. The van der Waals surface area contributed by atoms with E-state index in [4.69, 9.17) is 11.6 Å². The van der Waals surface area contributed by atoms with Gasteiger partial charge in [-0.05, 0) is 60.0 Å². The number of halogens is 1. The van der Waals surface area contributed by atoms with Crippen molar-refractivity contribution in [3.8, 4) is 0 Å². The van der Waals surface area contributed by atoms with Gasteiger partial charge in [-0.1, -0.05) is 41.9 Å². The summed E-state index contributed by atoms with van der Waals surface area (Å²) in [6.45, 7) is 0. The molecule has 4 nitrogen and oxygen atoms in total. The van der Waals surface area contributed by atoms with Gasteiger partial charge >= 0.3 is 0 Å². The first kappa shape index (κ1) is 19.7. The zero-order valence-electron chi connectivity index (χ0n) is 16.0. The summed E-state index contributed by atoms with van der Waals surface area (Å²) in [5.74, 6) is -0.323. The SMILES string of the molecule is CN(C(=O)c1ccc(Cl)c(NC(=O)c2cccs2)c1)C1CCCc2ccccc21. The fourth-order valence-electron chi connectivity index (χ4n) is 3.82. The summed E-state index contributed by atoms with van der Waals surface area (Å²) in [6.07, 6.45) is 3.05. The van der Waals surface area contributed by atoms with E-state index in [1.807, 2.05) is 30.6 Å². The first-order valence-corrected chi connectivity index (χ1v) is 10.8. The van der Waals surface area contributed by atoms with Crippen molar-refractivity contribution in [2.24, 2.45) is 0 Å². The third kappa shape index (κ3) is 4.07. The highest BCUT2D eigenvalue weighted by molar-refractivity contribution is 7.12. The van der Waals surface area contributed by atoms with Crippen molar-refractivity contribution in [3.05, 3.63) is 86.6 Å². The van der Waals surface area contributed by atoms with Gasteiger partial charge in [-0.3, -0.25) is 9.59 Å². The van der Waals surface area contributed by atoms with E-state index < -0.39 is 0 Å². The number of nitrogens with one attached hydrogen (secondary N) is 1. The maximum atomic E-state index is 13.2. The number of hydrogen-bond donors (Lipinski definition) is 1. The molecule has 1 aromatic heterocycles. The molecule has 0 radical (unpaired) electrons. The van der Waals surface area contributed by atoms with Crippen LogP contribution in [0.4, 0.5) is 5.69 Å². The van der Waals surface area contributed by atoms with Gasteiger partial charge in [0, 0.05) is 12.6 Å². The molecular formula is C23H21ClN2O2S. The van der Waals surface area contributed by atoms with Crippen LogP contribution in [0, 0.1) is 0 Å². The van der Waals surface area contributed by atoms with Crippen LogP contribution in [0.3, 0.4) is 0 Å². The second-order valence-electron chi connectivity index (χ2n) is 7.15. The van der Waals surface area contributed by atoms with E-state index >= 15 is 0 Å². The van der Waals surface area contributed by atoms with Crippen LogP contribution in [0.15, 0.2) is 60.0 Å². The van der Waals surface area contributed by atoms with Crippen molar-refractivity contribution >= 4 is 40.4 Å². The van der Waals surface area contributed by atoms with E-state index in [1.165, 1.54) is 22.5 Å². The van der Waals surface area contributed by atoms with Gasteiger partial charge in [0.05, 0.1) is 21.6 Å². The highest BCUT2D eigenvalue weighted by Gasteiger charge is 2.27. The van der Waals surface area contributed by atoms with Crippen molar-refractivity contribution in [2.45, 2.75) is 25.3 Å². The van der Waals surface area contributed by atoms with Crippen molar-refractivity contribution in [2.75, 3.05) is 12.4 Å². The number of carbonyl (C=O) groups excluding carboxylic acids is 2. The van der Waals surface area contributed by atoms with Crippen LogP contribution in [-0.4, -0.2) is 23.8 Å². The first-order chi connectivity index (χ1) is 14.0. The lowest BCUT2D eigenvalue weighted by molar-refractivity contribution is 0.0715. The Morgan fingerprint density at radius 2 is 1.97 bits per heavy atom. The average Bonchev–Trinajstić information content (AvgIpc) is 3.29. The second kappa shape index (κ2) is 8.39. The Morgan fingerprint density at radius 3 is 2.76 bits per heavy atom. The van der Waals surface area contributed by atoms with Crippen molar-refractivity contribution < 1.29 is 9.59 Å². The van der Waals surface area contributed by atoms with Crippen molar-refractivity contribution in [1.82, 2.24) is 4.90 Å². The molecule has 1 N–H and O–H groups in total. The standard InChI is InChI=1S/C23H21ClN2O2S/c1-26(20-9-4-7-15-6-2-3-8-17(15)20)23(28)16-11-12-18(24)19(14-16)25-22(27)21-10-5-13-29-21/h2-3,5-6,8,10-14,20H,4,7,9H2,1H3,(H,25,27).